The second-order valence-corrected chi connectivity index (χ2v) is 5.71. The number of ether oxygens (including phenoxy) is 1. The molecule has 0 aromatic carbocycles. The lowest BCUT2D eigenvalue weighted by Crippen LogP contribution is -2.27. The molecule has 2 aliphatic rings. The Balaban J connectivity index is 1.82. The molecular formula is C12H19N3OS. The molecule has 0 unspecified atom stereocenters. The van der Waals surface area contributed by atoms with Gasteiger partial charge in [0, 0.05) is 12.6 Å². The Morgan fingerprint density at radius 3 is 2.76 bits per heavy atom. The molecule has 3 rings (SSSR count). The summed E-state index contributed by atoms with van der Waals surface area (Å²) < 4.78 is 9.90. The highest BCUT2D eigenvalue weighted by atomic mass is 32.1. The van der Waals surface area contributed by atoms with Gasteiger partial charge < -0.3 is 15.4 Å². The first kappa shape index (κ1) is 11.1. The molecule has 0 aliphatic heterocycles. The smallest absolute Gasteiger partial charge is 0.197 e. The van der Waals surface area contributed by atoms with Crippen molar-refractivity contribution in [3.8, 4) is 5.75 Å². The monoisotopic (exact) mass is 253 g/mol. The summed E-state index contributed by atoms with van der Waals surface area (Å²) in [5, 5.41) is 1.15. The molecule has 0 saturated heterocycles. The van der Waals surface area contributed by atoms with Crippen LogP contribution in [0.25, 0.3) is 0 Å². The number of nitrogens with zero attached hydrogens (tertiary/aromatic N) is 2. The lowest BCUT2D eigenvalue weighted by Gasteiger charge is -2.23. The number of nitrogen functional groups attached to an aromatic ring is 1. The lowest BCUT2D eigenvalue weighted by molar-refractivity contribution is 0.342. The number of hydrogen-bond donors (Lipinski definition) is 1. The summed E-state index contributed by atoms with van der Waals surface area (Å²) in [6.45, 7) is 3.80. The molecule has 2 aliphatic carbocycles. The third-order valence-corrected chi connectivity index (χ3v) is 4.23. The van der Waals surface area contributed by atoms with Gasteiger partial charge in [-0.1, -0.05) is 0 Å². The molecule has 0 spiro atoms. The van der Waals surface area contributed by atoms with Gasteiger partial charge in [0.1, 0.15) is 0 Å². The molecule has 17 heavy (non-hydrogen) atoms. The second-order valence-electron chi connectivity index (χ2n) is 4.96. The van der Waals surface area contributed by atoms with Gasteiger partial charge in [-0.05, 0) is 50.1 Å². The first-order valence-electron chi connectivity index (χ1n) is 6.44. The predicted octanol–water partition coefficient (Wildman–Crippen LogP) is 2.50. The van der Waals surface area contributed by atoms with Crippen LogP contribution in [0, 0.1) is 5.92 Å². The molecule has 0 atom stereocenters. The minimum atomic E-state index is 0.549. The number of anilines is 2. The number of aromatic nitrogens is 1. The van der Waals surface area contributed by atoms with Crippen molar-refractivity contribution in [1.29, 1.82) is 0 Å². The molecule has 1 heterocycles. The molecule has 1 aromatic heterocycles. The maximum atomic E-state index is 5.88. The van der Waals surface area contributed by atoms with Crippen LogP contribution in [-0.2, 0) is 0 Å². The van der Waals surface area contributed by atoms with Gasteiger partial charge in [0.2, 0.25) is 0 Å². The Bertz CT molecular complexity index is 398. The zero-order valence-electron chi connectivity index (χ0n) is 10.2. The van der Waals surface area contributed by atoms with E-state index in [1.165, 1.54) is 37.2 Å². The molecule has 94 valence electrons. The van der Waals surface area contributed by atoms with Gasteiger partial charge in [-0.3, -0.25) is 0 Å². The van der Waals surface area contributed by atoms with Crippen LogP contribution in [0.1, 0.15) is 32.6 Å². The lowest BCUT2D eigenvalue weighted by atomic mass is 10.3. The zero-order valence-corrected chi connectivity index (χ0v) is 11.0. The van der Waals surface area contributed by atoms with Gasteiger partial charge in [0.25, 0.3) is 0 Å². The van der Waals surface area contributed by atoms with Gasteiger partial charge in [-0.2, -0.15) is 4.37 Å². The van der Waals surface area contributed by atoms with Crippen LogP contribution in [0.15, 0.2) is 0 Å². The third kappa shape index (κ3) is 2.34. The van der Waals surface area contributed by atoms with Crippen LogP contribution in [0.2, 0.25) is 0 Å². The summed E-state index contributed by atoms with van der Waals surface area (Å²) in [6, 6.07) is 0.703. The van der Waals surface area contributed by atoms with E-state index in [4.69, 9.17) is 10.5 Å². The molecule has 0 radical (unpaired) electrons. The van der Waals surface area contributed by atoms with Crippen molar-refractivity contribution in [2.45, 2.75) is 38.6 Å². The molecule has 2 N–H and O–H groups in total. The summed E-state index contributed by atoms with van der Waals surface area (Å²) in [5.74, 6) is 2.24. The zero-order chi connectivity index (χ0) is 11.8. The second kappa shape index (κ2) is 4.37. The minimum absolute atomic E-state index is 0.549. The third-order valence-electron chi connectivity index (χ3n) is 3.35. The van der Waals surface area contributed by atoms with Crippen molar-refractivity contribution >= 4 is 22.4 Å². The van der Waals surface area contributed by atoms with Gasteiger partial charge in [0.05, 0.1) is 6.61 Å². The Morgan fingerprint density at radius 2 is 2.18 bits per heavy atom. The summed E-state index contributed by atoms with van der Waals surface area (Å²) in [5.41, 5.74) is 5.88. The van der Waals surface area contributed by atoms with E-state index in [0.717, 1.165) is 23.2 Å². The van der Waals surface area contributed by atoms with Crippen molar-refractivity contribution in [1.82, 2.24) is 4.37 Å². The maximum absolute atomic E-state index is 5.88. The summed E-state index contributed by atoms with van der Waals surface area (Å²) in [6.07, 6.45) is 5.36. The van der Waals surface area contributed by atoms with E-state index >= 15 is 0 Å². The first-order valence-corrected chi connectivity index (χ1v) is 7.21. The van der Waals surface area contributed by atoms with Crippen molar-refractivity contribution in [3.63, 3.8) is 0 Å². The quantitative estimate of drug-likeness (QED) is 0.846. The van der Waals surface area contributed by atoms with Gasteiger partial charge in [0.15, 0.2) is 16.6 Å². The normalized spacial score (nSPS) is 19.4. The van der Waals surface area contributed by atoms with Crippen LogP contribution in [0.4, 0.5) is 10.8 Å². The Labute approximate surface area is 106 Å². The largest absolute Gasteiger partial charge is 0.487 e. The van der Waals surface area contributed by atoms with Crippen molar-refractivity contribution in [2.24, 2.45) is 5.92 Å². The number of rotatable bonds is 6. The maximum Gasteiger partial charge on any atom is 0.197 e. The average Bonchev–Trinajstić information content (AvgIpc) is 3.20. The highest BCUT2D eigenvalue weighted by Crippen LogP contribution is 2.45. The van der Waals surface area contributed by atoms with Crippen LogP contribution < -0.4 is 15.4 Å². The molecule has 1 aromatic rings. The Kier molecular flexibility index (Phi) is 2.86. The fourth-order valence-corrected chi connectivity index (χ4v) is 2.95. The molecule has 2 fully saturated rings. The van der Waals surface area contributed by atoms with Crippen LogP contribution in [-0.4, -0.2) is 23.6 Å². The summed E-state index contributed by atoms with van der Waals surface area (Å²) >= 11 is 1.49. The van der Waals surface area contributed by atoms with Crippen molar-refractivity contribution < 1.29 is 4.74 Å². The van der Waals surface area contributed by atoms with Crippen LogP contribution >= 0.6 is 11.5 Å². The SMILES string of the molecule is CCOc1c(N)nsc1N(CC1CC1)C1CC1. The van der Waals surface area contributed by atoms with E-state index in [-0.39, 0.29) is 0 Å². The molecule has 0 amide bonds. The van der Waals surface area contributed by atoms with E-state index in [2.05, 4.69) is 9.27 Å². The Hall–Kier alpha value is -0.970. The van der Waals surface area contributed by atoms with E-state index in [0.29, 0.717) is 18.5 Å². The highest BCUT2D eigenvalue weighted by Gasteiger charge is 2.36. The van der Waals surface area contributed by atoms with E-state index in [1.54, 1.807) is 0 Å². The molecular weight excluding hydrogens is 234 g/mol. The first-order chi connectivity index (χ1) is 8.29. The topological polar surface area (TPSA) is 51.4 Å². The predicted molar refractivity (Wildman–Crippen MR) is 70.8 cm³/mol. The Morgan fingerprint density at radius 1 is 1.41 bits per heavy atom. The van der Waals surface area contributed by atoms with E-state index < -0.39 is 0 Å². The van der Waals surface area contributed by atoms with Crippen molar-refractivity contribution in [3.05, 3.63) is 0 Å². The van der Waals surface area contributed by atoms with Gasteiger partial charge >= 0.3 is 0 Å². The summed E-state index contributed by atoms with van der Waals surface area (Å²) in [7, 11) is 0. The number of nitrogens with two attached hydrogens (primary N) is 1. The van der Waals surface area contributed by atoms with Gasteiger partial charge in [-0.25, -0.2) is 0 Å². The highest BCUT2D eigenvalue weighted by molar-refractivity contribution is 7.11. The fraction of sp³-hybridized carbons (Fsp3) is 0.750. The summed E-state index contributed by atoms with van der Waals surface area (Å²) in [4.78, 5) is 2.48. The average molecular weight is 253 g/mol. The van der Waals surface area contributed by atoms with E-state index in [9.17, 15) is 0 Å². The molecule has 0 bridgehead atoms. The van der Waals surface area contributed by atoms with Crippen molar-refractivity contribution in [2.75, 3.05) is 23.8 Å². The van der Waals surface area contributed by atoms with Gasteiger partial charge in [-0.15, -0.1) is 0 Å². The number of hydrogen-bond acceptors (Lipinski definition) is 5. The van der Waals surface area contributed by atoms with E-state index in [1.807, 2.05) is 6.92 Å². The van der Waals surface area contributed by atoms with Crippen LogP contribution in [0.3, 0.4) is 0 Å². The minimum Gasteiger partial charge on any atom is -0.487 e. The molecule has 2 saturated carbocycles. The van der Waals surface area contributed by atoms with Crippen LogP contribution in [0.5, 0.6) is 5.75 Å². The molecule has 5 heteroatoms. The molecule has 4 nitrogen and oxygen atoms in total. The standard InChI is InChI=1S/C12H19N3OS/c1-2-16-10-11(13)14-17-12(10)15(9-5-6-9)7-8-3-4-8/h8-9H,2-7H2,1H3,(H2,13,14). The fourth-order valence-electron chi connectivity index (χ4n) is 2.11.